The first-order chi connectivity index (χ1) is 9.11. The Morgan fingerprint density at radius 3 is 2.32 bits per heavy atom. The van der Waals surface area contributed by atoms with E-state index in [1.807, 2.05) is 0 Å². The van der Waals surface area contributed by atoms with Crippen LogP contribution in [0.1, 0.15) is 58.3 Å². The third kappa shape index (κ3) is 3.95. The monoisotopic (exact) mass is 267 g/mol. The minimum atomic E-state index is -0.810. The number of carbonyl (C=O) groups excluding carboxylic acids is 1. The summed E-state index contributed by atoms with van der Waals surface area (Å²) < 4.78 is 0. The van der Waals surface area contributed by atoms with Crippen molar-refractivity contribution in [2.24, 2.45) is 17.8 Å². The molecule has 4 heteroatoms. The summed E-state index contributed by atoms with van der Waals surface area (Å²) in [5, 5.41) is 12.3. The maximum absolute atomic E-state index is 12.3. The van der Waals surface area contributed by atoms with Gasteiger partial charge in [-0.2, -0.15) is 0 Å². The second-order valence-corrected chi connectivity index (χ2v) is 6.13. The van der Waals surface area contributed by atoms with Crippen molar-refractivity contribution in [3.63, 3.8) is 0 Å². The minimum absolute atomic E-state index is 0.0281. The van der Waals surface area contributed by atoms with E-state index < -0.39 is 11.9 Å². The van der Waals surface area contributed by atoms with Gasteiger partial charge in [0.2, 0.25) is 5.91 Å². The SMILES string of the molecule is CCC(CC1CC1)NC(=O)[C@@H]1CCCC[C@@H]1C(=O)O. The third-order valence-corrected chi connectivity index (χ3v) is 4.57. The van der Waals surface area contributed by atoms with E-state index in [0.717, 1.165) is 38.0 Å². The van der Waals surface area contributed by atoms with Gasteiger partial charge in [0, 0.05) is 6.04 Å². The number of carboxylic acid groups (broad SMARTS) is 1. The van der Waals surface area contributed by atoms with Crippen LogP contribution in [-0.4, -0.2) is 23.0 Å². The van der Waals surface area contributed by atoms with Gasteiger partial charge in [-0.3, -0.25) is 9.59 Å². The van der Waals surface area contributed by atoms with Gasteiger partial charge in [0.1, 0.15) is 0 Å². The Bertz CT molecular complexity index is 338. The van der Waals surface area contributed by atoms with Crippen LogP contribution in [0.4, 0.5) is 0 Å². The molecule has 2 fully saturated rings. The fraction of sp³-hybridized carbons (Fsp3) is 0.867. The highest BCUT2D eigenvalue weighted by molar-refractivity contribution is 5.85. The Kier molecular flexibility index (Phi) is 4.83. The molecule has 0 aliphatic heterocycles. The lowest BCUT2D eigenvalue weighted by Gasteiger charge is -2.29. The fourth-order valence-electron chi connectivity index (χ4n) is 3.13. The molecule has 1 unspecified atom stereocenters. The van der Waals surface area contributed by atoms with Crippen molar-refractivity contribution in [2.75, 3.05) is 0 Å². The molecule has 0 radical (unpaired) electrons. The van der Waals surface area contributed by atoms with Crippen molar-refractivity contribution < 1.29 is 14.7 Å². The lowest BCUT2D eigenvalue weighted by atomic mass is 9.78. The van der Waals surface area contributed by atoms with Crippen LogP contribution in [0.5, 0.6) is 0 Å². The van der Waals surface area contributed by atoms with Gasteiger partial charge in [0.15, 0.2) is 0 Å². The van der Waals surface area contributed by atoms with E-state index in [1.54, 1.807) is 0 Å². The summed E-state index contributed by atoms with van der Waals surface area (Å²) in [5.41, 5.74) is 0. The van der Waals surface area contributed by atoms with Crippen molar-refractivity contribution in [1.82, 2.24) is 5.32 Å². The van der Waals surface area contributed by atoms with Crippen LogP contribution >= 0.6 is 0 Å². The zero-order chi connectivity index (χ0) is 13.8. The molecule has 108 valence electrons. The number of amides is 1. The van der Waals surface area contributed by atoms with E-state index in [-0.39, 0.29) is 17.9 Å². The Hall–Kier alpha value is -1.06. The smallest absolute Gasteiger partial charge is 0.307 e. The highest BCUT2D eigenvalue weighted by atomic mass is 16.4. The molecule has 0 heterocycles. The molecule has 0 bridgehead atoms. The summed E-state index contributed by atoms with van der Waals surface area (Å²) in [7, 11) is 0. The van der Waals surface area contributed by atoms with Crippen molar-refractivity contribution in [3.8, 4) is 0 Å². The van der Waals surface area contributed by atoms with Gasteiger partial charge in [-0.05, 0) is 31.6 Å². The maximum Gasteiger partial charge on any atom is 0.307 e. The predicted octanol–water partition coefficient (Wildman–Crippen LogP) is 2.57. The van der Waals surface area contributed by atoms with E-state index in [0.29, 0.717) is 6.42 Å². The largest absolute Gasteiger partial charge is 0.481 e. The summed E-state index contributed by atoms with van der Waals surface area (Å²) in [6.07, 6.45) is 7.84. The van der Waals surface area contributed by atoms with E-state index in [1.165, 1.54) is 12.8 Å². The summed E-state index contributed by atoms with van der Waals surface area (Å²) >= 11 is 0. The van der Waals surface area contributed by atoms with E-state index in [9.17, 15) is 14.7 Å². The highest BCUT2D eigenvalue weighted by Crippen LogP contribution is 2.35. The number of carbonyl (C=O) groups is 2. The molecule has 2 rings (SSSR count). The first-order valence-electron chi connectivity index (χ1n) is 7.65. The van der Waals surface area contributed by atoms with Crippen LogP contribution in [-0.2, 0) is 9.59 Å². The average molecular weight is 267 g/mol. The molecule has 0 spiro atoms. The highest BCUT2D eigenvalue weighted by Gasteiger charge is 2.36. The fourth-order valence-corrected chi connectivity index (χ4v) is 3.13. The van der Waals surface area contributed by atoms with E-state index >= 15 is 0 Å². The van der Waals surface area contributed by atoms with Gasteiger partial charge >= 0.3 is 5.97 Å². The van der Waals surface area contributed by atoms with Crippen LogP contribution in [0.15, 0.2) is 0 Å². The summed E-state index contributed by atoms with van der Waals surface area (Å²) in [6.45, 7) is 2.09. The molecule has 0 aromatic heterocycles. The molecule has 0 aromatic carbocycles. The quantitative estimate of drug-likeness (QED) is 0.777. The molecule has 2 saturated carbocycles. The molecule has 4 nitrogen and oxygen atoms in total. The topological polar surface area (TPSA) is 66.4 Å². The summed E-state index contributed by atoms with van der Waals surface area (Å²) in [4.78, 5) is 23.5. The van der Waals surface area contributed by atoms with Gasteiger partial charge < -0.3 is 10.4 Å². The Balaban J connectivity index is 1.90. The first-order valence-corrected chi connectivity index (χ1v) is 7.65. The second-order valence-electron chi connectivity index (χ2n) is 6.13. The van der Waals surface area contributed by atoms with Crippen molar-refractivity contribution in [2.45, 2.75) is 64.3 Å². The normalized spacial score (nSPS) is 28.7. The molecule has 19 heavy (non-hydrogen) atoms. The molecule has 1 amide bonds. The number of rotatable bonds is 6. The third-order valence-electron chi connectivity index (χ3n) is 4.57. The number of carboxylic acids is 1. The molecular formula is C15H25NO3. The maximum atomic E-state index is 12.3. The van der Waals surface area contributed by atoms with Crippen LogP contribution in [0.25, 0.3) is 0 Å². The standard InChI is InChI=1S/C15H25NO3/c1-2-11(9-10-7-8-10)16-14(17)12-5-3-4-6-13(12)15(18)19/h10-13H,2-9H2,1H3,(H,16,17)(H,18,19)/t11?,12-,13+/m1/s1. The Morgan fingerprint density at radius 1 is 1.16 bits per heavy atom. The van der Waals surface area contributed by atoms with Crippen LogP contribution in [0.2, 0.25) is 0 Å². The van der Waals surface area contributed by atoms with Gasteiger partial charge in [-0.25, -0.2) is 0 Å². The van der Waals surface area contributed by atoms with Crippen molar-refractivity contribution >= 4 is 11.9 Å². The van der Waals surface area contributed by atoms with E-state index in [2.05, 4.69) is 12.2 Å². The Morgan fingerprint density at radius 2 is 1.79 bits per heavy atom. The zero-order valence-electron chi connectivity index (χ0n) is 11.7. The first kappa shape index (κ1) is 14.4. The molecular weight excluding hydrogens is 242 g/mol. The number of aliphatic carboxylic acids is 1. The van der Waals surface area contributed by atoms with Crippen LogP contribution < -0.4 is 5.32 Å². The lowest BCUT2D eigenvalue weighted by Crippen LogP contribution is -2.44. The molecule has 0 aromatic rings. The van der Waals surface area contributed by atoms with Crippen LogP contribution in [0, 0.1) is 17.8 Å². The second kappa shape index (κ2) is 6.40. The number of nitrogens with one attached hydrogen (secondary N) is 1. The molecule has 2 N–H and O–H groups in total. The van der Waals surface area contributed by atoms with Crippen molar-refractivity contribution in [1.29, 1.82) is 0 Å². The van der Waals surface area contributed by atoms with Gasteiger partial charge in [0.25, 0.3) is 0 Å². The zero-order valence-corrected chi connectivity index (χ0v) is 11.7. The Labute approximate surface area is 115 Å². The van der Waals surface area contributed by atoms with Gasteiger partial charge in [-0.1, -0.05) is 32.6 Å². The summed E-state index contributed by atoms with van der Waals surface area (Å²) in [6, 6.07) is 0.233. The minimum Gasteiger partial charge on any atom is -0.481 e. The van der Waals surface area contributed by atoms with Crippen LogP contribution in [0.3, 0.4) is 0 Å². The average Bonchev–Trinajstić information content (AvgIpc) is 3.21. The predicted molar refractivity (Wildman–Crippen MR) is 72.6 cm³/mol. The number of hydrogen-bond acceptors (Lipinski definition) is 2. The van der Waals surface area contributed by atoms with Gasteiger partial charge in [0.05, 0.1) is 11.8 Å². The number of hydrogen-bond donors (Lipinski definition) is 2. The van der Waals surface area contributed by atoms with Crippen molar-refractivity contribution in [3.05, 3.63) is 0 Å². The molecule has 2 aliphatic carbocycles. The molecule has 0 saturated heterocycles. The van der Waals surface area contributed by atoms with Gasteiger partial charge in [-0.15, -0.1) is 0 Å². The lowest BCUT2D eigenvalue weighted by molar-refractivity contribution is -0.149. The molecule has 2 aliphatic rings. The molecule has 3 atom stereocenters. The summed E-state index contributed by atoms with van der Waals surface area (Å²) in [5.74, 6) is -0.853. The van der Waals surface area contributed by atoms with E-state index in [4.69, 9.17) is 0 Å².